The summed E-state index contributed by atoms with van der Waals surface area (Å²) in [5, 5.41) is 9.22. The lowest BCUT2D eigenvalue weighted by Crippen LogP contribution is -2.42. The molecule has 35 heavy (non-hydrogen) atoms. The fourth-order valence-corrected chi connectivity index (χ4v) is 6.37. The number of benzene rings is 2. The van der Waals surface area contributed by atoms with E-state index in [0.29, 0.717) is 31.8 Å². The maximum absolute atomic E-state index is 13.1. The molecular formula is C26H33N3O5S. The summed E-state index contributed by atoms with van der Waals surface area (Å²) in [7, 11) is -3.77. The molecule has 0 aromatic heterocycles. The Hall–Kier alpha value is -2.75. The molecule has 2 aliphatic rings. The number of carbonyl (C=O) groups is 2. The Morgan fingerprint density at radius 3 is 2.57 bits per heavy atom. The van der Waals surface area contributed by atoms with E-state index >= 15 is 0 Å². The molecule has 8 nitrogen and oxygen atoms in total. The van der Waals surface area contributed by atoms with Crippen LogP contribution in [0.15, 0.2) is 53.4 Å². The minimum absolute atomic E-state index is 0.0536. The van der Waals surface area contributed by atoms with Gasteiger partial charge in [-0.05, 0) is 73.4 Å². The Balaban J connectivity index is 1.42. The molecule has 0 bridgehead atoms. The van der Waals surface area contributed by atoms with Crippen molar-refractivity contribution in [1.82, 2.24) is 9.62 Å². The molecule has 1 unspecified atom stereocenters. The molecule has 2 aromatic rings. The summed E-state index contributed by atoms with van der Waals surface area (Å²) in [5.74, 6) is -1.53. The molecular weight excluding hydrogens is 466 g/mol. The minimum atomic E-state index is -3.77. The number of nitrogens with zero attached hydrogens (tertiary/aromatic N) is 1. The first-order valence-electron chi connectivity index (χ1n) is 12.1. The van der Waals surface area contributed by atoms with E-state index in [-0.39, 0.29) is 29.8 Å². The van der Waals surface area contributed by atoms with Gasteiger partial charge in [0.25, 0.3) is 0 Å². The largest absolute Gasteiger partial charge is 0.481 e. The molecule has 1 amide bonds. The van der Waals surface area contributed by atoms with Gasteiger partial charge in [-0.15, -0.1) is 0 Å². The number of hydrogen-bond donors (Lipinski definition) is 3. The second-order valence-corrected chi connectivity index (χ2v) is 11.4. The number of aliphatic carboxylic acids is 1. The Morgan fingerprint density at radius 2 is 1.86 bits per heavy atom. The van der Waals surface area contributed by atoms with Crippen molar-refractivity contribution in [2.24, 2.45) is 17.6 Å². The van der Waals surface area contributed by atoms with Gasteiger partial charge in [-0.25, -0.2) is 13.1 Å². The van der Waals surface area contributed by atoms with Gasteiger partial charge < -0.3 is 15.7 Å². The molecule has 0 saturated carbocycles. The maximum Gasteiger partial charge on any atom is 0.304 e. The predicted molar refractivity (Wildman–Crippen MR) is 132 cm³/mol. The summed E-state index contributed by atoms with van der Waals surface area (Å²) in [6.45, 7) is 1.08. The standard InChI is InChI=1S/C26H33N3O5S/c27-16-19-11-20-8-9-24(14-21(20)12-19)35(33,34)28-17-23-13-22(15-25(30)31)26(32)29(23)10-4-7-18-5-2-1-3-6-18/h1-3,5-6,8-9,14,19,22-23,28H,4,7,10-13,15-17,27H2,(H,30,31)/t19?,22-,23-/m0/s1. The summed E-state index contributed by atoms with van der Waals surface area (Å²) in [5.41, 5.74) is 9.11. The van der Waals surface area contributed by atoms with E-state index in [1.54, 1.807) is 17.0 Å². The number of likely N-dealkylation sites (tertiary alicyclic amines) is 1. The van der Waals surface area contributed by atoms with Crippen molar-refractivity contribution in [1.29, 1.82) is 0 Å². The van der Waals surface area contributed by atoms with Gasteiger partial charge in [0, 0.05) is 19.1 Å². The Kier molecular flexibility index (Phi) is 7.88. The quantitative estimate of drug-likeness (QED) is 0.433. The van der Waals surface area contributed by atoms with Crippen LogP contribution in [0.1, 0.15) is 36.0 Å². The number of sulfonamides is 1. The summed E-state index contributed by atoms with van der Waals surface area (Å²) in [4.78, 5) is 26.1. The Labute approximate surface area is 206 Å². The Bertz CT molecular complexity index is 1170. The zero-order valence-corrected chi connectivity index (χ0v) is 20.5. The number of aryl methyl sites for hydroxylation is 1. The summed E-state index contributed by atoms with van der Waals surface area (Å²) in [6.07, 6.45) is 3.22. The molecule has 1 saturated heterocycles. The van der Waals surface area contributed by atoms with E-state index in [4.69, 9.17) is 5.73 Å². The second kappa shape index (κ2) is 10.9. The number of carboxylic acids is 1. The lowest BCUT2D eigenvalue weighted by atomic mass is 10.0. The van der Waals surface area contributed by atoms with E-state index < -0.39 is 21.9 Å². The third-order valence-corrected chi connectivity index (χ3v) is 8.53. The first-order valence-corrected chi connectivity index (χ1v) is 13.6. The average molecular weight is 500 g/mol. The first-order chi connectivity index (χ1) is 16.8. The van der Waals surface area contributed by atoms with Crippen molar-refractivity contribution in [2.45, 2.75) is 49.5 Å². The number of fused-ring (bicyclic) bond motifs is 1. The zero-order chi connectivity index (χ0) is 25.0. The van der Waals surface area contributed by atoms with Crippen LogP contribution in [-0.2, 0) is 38.9 Å². The Morgan fingerprint density at radius 1 is 1.11 bits per heavy atom. The molecule has 188 valence electrons. The van der Waals surface area contributed by atoms with Crippen LogP contribution in [-0.4, -0.2) is 56.0 Å². The van der Waals surface area contributed by atoms with E-state index in [1.165, 1.54) is 0 Å². The van der Waals surface area contributed by atoms with Gasteiger partial charge in [-0.3, -0.25) is 9.59 Å². The number of amides is 1. The van der Waals surface area contributed by atoms with E-state index in [9.17, 15) is 23.1 Å². The molecule has 0 spiro atoms. The fraction of sp³-hybridized carbons (Fsp3) is 0.462. The van der Waals surface area contributed by atoms with Gasteiger partial charge in [-0.1, -0.05) is 36.4 Å². The van der Waals surface area contributed by atoms with Crippen molar-refractivity contribution in [3.8, 4) is 0 Å². The predicted octanol–water partition coefficient (Wildman–Crippen LogP) is 1.96. The van der Waals surface area contributed by atoms with Crippen LogP contribution in [0.5, 0.6) is 0 Å². The molecule has 2 aromatic carbocycles. The van der Waals surface area contributed by atoms with Crippen molar-refractivity contribution in [3.05, 3.63) is 65.2 Å². The molecule has 1 fully saturated rings. The minimum Gasteiger partial charge on any atom is -0.481 e. The second-order valence-electron chi connectivity index (χ2n) is 9.60. The topological polar surface area (TPSA) is 130 Å². The summed E-state index contributed by atoms with van der Waals surface area (Å²) >= 11 is 0. The fourth-order valence-electron chi connectivity index (χ4n) is 5.25. The molecule has 9 heteroatoms. The highest BCUT2D eigenvalue weighted by Crippen LogP contribution is 2.30. The number of nitrogens with one attached hydrogen (secondary N) is 1. The van der Waals surface area contributed by atoms with Gasteiger partial charge >= 0.3 is 5.97 Å². The van der Waals surface area contributed by atoms with Gasteiger partial charge in [0.2, 0.25) is 15.9 Å². The molecule has 1 aliphatic heterocycles. The third kappa shape index (κ3) is 6.09. The number of carbonyl (C=O) groups excluding carboxylic acids is 1. The SMILES string of the molecule is NCC1Cc2ccc(S(=O)(=O)NC[C@@H]3C[C@@H](CC(=O)O)C(=O)N3CCCc3ccccc3)cc2C1. The maximum atomic E-state index is 13.1. The average Bonchev–Trinajstić information content (AvgIpc) is 3.38. The highest BCUT2D eigenvalue weighted by atomic mass is 32.2. The number of carboxylic acid groups (broad SMARTS) is 1. The van der Waals surface area contributed by atoms with Crippen LogP contribution in [0.4, 0.5) is 0 Å². The molecule has 1 aliphatic carbocycles. The van der Waals surface area contributed by atoms with Gasteiger partial charge in [0.05, 0.1) is 17.2 Å². The number of hydrogen-bond acceptors (Lipinski definition) is 5. The van der Waals surface area contributed by atoms with Crippen molar-refractivity contribution in [3.63, 3.8) is 0 Å². The zero-order valence-electron chi connectivity index (χ0n) is 19.7. The highest BCUT2D eigenvalue weighted by molar-refractivity contribution is 7.89. The summed E-state index contributed by atoms with van der Waals surface area (Å²) < 4.78 is 28.8. The van der Waals surface area contributed by atoms with Gasteiger partial charge in [0.1, 0.15) is 0 Å². The molecule has 1 heterocycles. The van der Waals surface area contributed by atoms with E-state index in [1.807, 2.05) is 36.4 Å². The van der Waals surface area contributed by atoms with Crippen LogP contribution in [0, 0.1) is 11.8 Å². The molecule has 4 rings (SSSR count). The van der Waals surface area contributed by atoms with Crippen molar-refractivity contribution < 1.29 is 23.1 Å². The normalized spacial score (nSPS) is 21.9. The lowest BCUT2D eigenvalue weighted by Gasteiger charge is -2.25. The van der Waals surface area contributed by atoms with Gasteiger partial charge in [-0.2, -0.15) is 0 Å². The first kappa shape index (κ1) is 25.3. The van der Waals surface area contributed by atoms with E-state index in [0.717, 1.165) is 36.0 Å². The summed E-state index contributed by atoms with van der Waals surface area (Å²) in [6, 6.07) is 14.7. The third-order valence-electron chi connectivity index (χ3n) is 7.11. The molecule has 4 N–H and O–H groups in total. The smallest absolute Gasteiger partial charge is 0.304 e. The van der Waals surface area contributed by atoms with E-state index in [2.05, 4.69) is 4.72 Å². The molecule has 3 atom stereocenters. The van der Waals surface area contributed by atoms with Gasteiger partial charge in [0.15, 0.2) is 0 Å². The van der Waals surface area contributed by atoms with Crippen LogP contribution < -0.4 is 10.5 Å². The number of nitrogens with two attached hydrogens (primary N) is 1. The molecule has 0 radical (unpaired) electrons. The highest BCUT2D eigenvalue weighted by Gasteiger charge is 2.40. The van der Waals surface area contributed by atoms with Crippen LogP contribution >= 0.6 is 0 Å². The van der Waals surface area contributed by atoms with Crippen LogP contribution in [0.3, 0.4) is 0 Å². The lowest BCUT2D eigenvalue weighted by molar-refractivity contribution is -0.142. The van der Waals surface area contributed by atoms with Crippen molar-refractivity contribution in [2.75, 3.05) is 19.6 Å². The van der Waals surface area contributed by atoms with Crippen LogP contribution in [0.25, 0.3) is 0 Å². The number of rotatable bonds is 11. The monoisotopic (exact) mass is 499 g/mol. The van der Waals surface area contributed by atoms with Crippen molar-refractivity contribution >= 4 is 21.9 Å². The van der Waals surface area contributed by atoms with Crippen LogP contribution in [0.2, 0.25) is 0 Å².